The zero-order valence-electron chi connectivity index (χ0n) is 16.7. The number of rotatable bonds is 9. The van der Waals surface area contributed by atoms with Crippen LogP contribution in [-0.2, 0) is 19.7 Å². The molecule has 0 spiro atoms. The Morgan fingerprint density at radius 3 is 2.52 bits per heavy atom. The number of aryl methyl sites for hydroxylation is 1. The van der Waals surface area contributed by atoms with Gasteiger partial charge in [0.1, 0.15) is 6.61 Å². The molecule has 5 heteroatoms. The Hall–Kier alpha value is -2.01. The Labute approximate surface area is 186 Å². The maximum atomic E-state index is 6.23. The summed E-state index contributed by atoms with van der Waals surface area (Å²) in [4.78, 5) is 0. The molecule has 0 saturated carbocycles. The molecule has 0 amide bonds. The predicted octanol–water partition coefficient (Wildman–Crippen LogP) is 6.68. The number of ether oxygens (including phenoxy) is 2. The van der Waals surface area contributed by atoms with E-state index in [1.54, 1.807) is 0 Å². The van der Waals surface area contributed by atoms with E-state index in [4.69, 9.17) is 21.1 Å². The highest BCUT2D eigenvalue weighted by molar-refractivity contribution is 9.10. The van der Waals surface area contributed by atoms with E-state index in [0.717, 1.165) is 37.7 Å². The first-order valence-electron chi connectivity index (χ1n) is 9.64. The van der Waals surface area contributed by atoms with E-state index in [1.807, 2.05) is 43.3 Å². The minimum Gasteiger partial charge on any atom is -0.490 e. The Morgan fingerprint density at radius 2 is 1.76 bits per heavy atom. The number of hydrogen-bond donors (Lipinski definition) is 1. The van der Waals surface area contributed by atoms with Crippen molar-refractivity contribution in [3.05, 3.63) is 92.4 Å². The van der Waals surface area contributed by atoms with Gasteiger partial charge in [-0.1, -0.05) is 59.6 Å². The topological polar surface area (TPSA) is 30.5 Å². The van der Waals surface area contributed by atoms with E-state index in [0.29, 0.717) is 26.3 Å². The first-order valence-corrected chi connectivity index (χ1v) is 10.8. The molecule has 0 unspecified atom stereocenters. The third-order valence-corrected chi connectivity index (χ3v) is 5.39. The van der Waals surface area contributed by atoms with Gasteiger partial charge in [0.05, 0.1) is 11.1 Å². The molecule has 0 aliphatic heterocycles. The molecule has 3 rings (SSSR count). The monoisotopic (exact) mass is 473 g/mol. The van der Waals surface area contributed by atoms with Crippen LogP contribution in [0.2, 0.25) is 5.02 Å². The smallest absolute Gasteiger partial charge is 0.175 e. The third kappa shape index (κ3) is 6.23. The van der Waals surface area contributed by atoms with Crippen LogP contribution in [0.5, 0.6) is 11.5 Å². The minimum atomic E-state index is 0.491. The standard InChI is InChI=1S/C24H25BrClNO2/c1-3-28-23-13-19(14-27-15-20-9-4-5-10-22(20)26)12-21(25)24(23)29-16-18-8-6-7-17(2)11-18/h4-13,27H,3,14-16H2,1-2H3. The van der Waals surface area contributed by atoms with Crippen LogP contribution in [0.15, 0.2) is 65.1 Å². The molecule has 0 aromatic heterocycles. The van der Waals surface area contributed by atoms with Crippen molar-refractivity contribution in [2.45, 2.75) is 33.5 Å². The van der Waals surface area contributed by atoms with E-state index in [1.165, 1.54) is 5.56 Å². The Bertz CT molecular complexity index is 961. The van der Waals surface area contributed by atoms with Crippen LogP contribution in [0.3, 0.4) is 0 Å². The van der Waals surface area contributed by atoms with E-state index in [9.17, 15) is 0 Å². The quantitative estimate of drug-likeness (QED) is 0.375. The largest absolute Gasteiger partial charge is 0.490 e. The molecule has 1 N–H and O–H groups in total. The SMILES string of the molecule is CCOc1cc(CNCc2ccccc2Cl)cc(Br)c1OCc1cccc(C)c1. The van der Waals surface area contributed by atoms with Gasteiger partial charge < -0.3 is 14.8 Å². The van der Waals surface area contributed by atoms with Gasteiger partial charge in [-0.05, 0) is 64.7 Å². The highest BCUT2D eigenvalue weighted by Gasteiger charge is 2.13. The fraction of sp³-hybridized carbons (Fsp3) is 0.250. The van der Waals surface area contributed by atoms with Crippen molar-refractivity contribution in [2.75, 3.05) is 6.61 Å². The van der Waals surface area contributed by atoms with Crippen LogP contribution in [-0.4, -0.2) is 6.61 Å². The molecule has 0 aliphatic rings. The number of hydrogen-bond acceptors (Lipinski definition) is 3. The van der Waals surface area contributed by atoms with Crippen molar-refractivity contribution in [1.29, 1.82) is 0 Å². The molecular weight excluding hydrogens is 450 g/mol. The van der Waals surface area contributed by atoms with Gasteiger partial charge in [-0.15, -0.1) is 0 Å². The minimum absolute atomic E-state index is 0.491. The van der Waals surface area contributed by atoms with Crippen molar-refractivity contribution in [3.8, 4) is 11.5 Å². The summed E-state index contributed by atoms with van der Waals surface area (Å²) in [5.74, 6) is 1.47. The first-order chi connectivity index (χ1) is 14.1. The van der Waals surface area contributed by atoms with Crippen molar-refractivity contribution >= 4 is 27.5 Å². The molecule has 0 fully saturated rings. The van der Waals surface area contributed by atoms with Crippen LogP contribution in [0.4, 0.5) is 0 Å². The fourth-order valence-electron chi connectivity index (χ4n) is 3.07. The average Bonchev–Trinajstić information content (AvgIpc) is 2.69. The van der Waals surface area contributed by atoms with Gasteiger partial charge in [-0.3, -0.25) is 0 Å². The fourth-order valence-corrected chi connectivity index (χ4v) is 3.87. The van der Waals surface area contributed by atoms with Gasteiger partial charge in [0.15, 0.2) is 11.5 Å². The maximum Gasteiger partial charge on any atom is 0.175 e. The summed E-state index contributed by atoms with van der Waals surface area (Å²) in [5.41, 5.74) is 4.53. The summed E-state index contributed by atoms with van der Waals surface area (Å²) < 4.78 is 12.8. The molecule has 3 aromatic rings. The van der Waals surface area contributed by atoms with Crippen LogP contribution in [0.25, 0.3) is 0 Å². The molecule has 0 aliphatic carbocycles. The molecule has 0 radical (unpaired) electrons. The van der Waals surface area contributed by atoms with E-state index in [2.05, 4.69) is 52.4 Å². The summed E-state index contributed by atoms with van der Waals surface area (Å²) in [6.07, 6.45) is 0. The lowest BCUT2D eigenvalue weighted by molar-refractivity contribution is 0.267. The second-order valence-electron chi connectivity index (χ2n) is 6.81. The summed E-state index contributed by atoms with van der Waals surface area (Å²) in [6.45, 7) is 6.51. The molecule has 3 nitrogen and oxygen atoms in total. The van der Waals surface area contributed by atoms with Crippen molar-refractivity contribution in [3.63, 3.8) is 0 Å². The van der Waals surface area contributed by atoms with E-state index in [-0.39, 0.29) is 0 Å². The maximum absolute atomic E-state index is 6.23. The molecule has 29 heavy (non-hydrogen) atoms. The van der Waals surface area contributed by atoms with Crippen LogP contribution in [0.1, 0.15) is 29.2 Å². The van der Waals surface area contributed by atoms with E-state index < -0.39 is 0 Å². The Balaban J connectivity index is 1.69. The summed E-state index contributed by atoms with van der Waals surface area (Å²) in [7, 11) is 0. The lowest BCUT2D eigenvalue weighted by Crippen LogP contribution is -2.13. The van der Waals surface area contributed by atoms with Gasteiger partial charge in [-0.25, -0.2) is 0 Å². The van der Waals surface area contributed by atoms with Gasteiger partial charge in [0, 0.05) is 18.1 Å². The molecule has 3 aromatic carbocycles. The Morgan fingerprint density at radius 1 is 0.931 bits per heavy atom. The Kier molecular flexibility index (Phi) is 7.99. The normalized spacial score (nSPS) is 10.8. The highest BCUT2D eigenvalue weighted by Crippen LogP contribution is 2.37. The molecular formula is C24H25BrClNO2. The van der Waals surface area contributed by atoms with Crippen LogP contribution >= 0.6 is 27.5 Å². The predicted molar refractivity (Wildman–Crippen MR) is 123 cm³/mol. The van der Waals surface area contributed by atoms with Gasteiger partial charge >= 0.3 is 0 Å². The summed E-state index contributed by atoms with van der Waals surface area (Å²) in [5, 5.41) is 4.21. The third-order valence-electron chi connectivity index (χ3n) is 4.44. The lowest BCUT2D eigenvalue weighted by atomic mass is 10.1. The van der Waals surface area contributed by atoms with E-state index >= 15 is 0 Å². The molecule has 0 saturated heterocycles. The summed E-state index contributed by atoms with van der Waals surface area (Å²) in [6, 6.07) is 20.3. The van der Waals surface area contributed by atoms with Gasteiger partial charge in [0.2, 0.25) is 0 Å². The summed E-state index contributed by atoms with van der Waals surface area (Å²) >= 11 is 9.88. The zero-order valence-corrected chi connectivity index (χ0v) is 19.0. The van der Waals surface area contributed by atoms with Gasteiger partial charge in [0.25, 0.3) is 0 Å². The first kappa shape index (κ1) is 21.7. The van der Waals surface area contributed by atoms with Crippen molar-refractivity contribution in [2.24, 2.45) is 0 Å². The highest BCUT2D eigenvalue weighted by atomic mass is 79.9. The van der Waals surface area contributed by atoms with Gasteiger partial charge in [-0.2, -0.15) is 0 Å². The molecule has 0 heterocycles. The molecule has 0 atom stereocenters. The van der Waals surface area contributed by atoms with Crippen molar-refractivity contribution < 1.29 is 9.47 Å². The number of benzene rings is 3. The molecule has 152 valence electrons. The average molecular weight is 475 g/mol. The lowest BCUT2D eigenvalue weighted by Gasteiger charge is -2.16. The van der Waals surface area contributed by atoms with Crippen LogP contribution in [0, 0.1) is 6.92 Å². The second-order valence-corrected chi connectivity index (χ2v) is 8.07. The second kappa shape index (κ2) is 10.7. The molecule has 0 bridgehead atoms. The van der Waals surface area contributed by atoms with Crippen LogP contribution < -0.4 is 14.8 Å². The number of halogens is 2. The zero-order chi connectivity index (χ0) is 20.6. The number of nitrogens with one attached hydrogen (secondary N) is 1. The van der Waals surface area contributed by atoms with Crippen molar-refractivity contribution in [1.82, 2.24) is 5.32 Å².